The molecule has 0 bridgehead atoms. The molecule has 66 valence electrons. The summed E-state index contributed by atoms with van der Waals surface area (Å²) in [6.45, 7) is 1.73. The van der Waals surface area contributed by atoms with Crippen molar-refractivity contribution >= 4 is 17.5 Å². The summed E-state index contributed by atoms with van der Waals surface area (Å²) in [7, 11) is 0. The predicted molar refractivity (Wildman–Crippen MR) is 49.3 cm³/mol. The zero-order valence-corrected chi connectivity index (χ0v) is 7.72. The summed E-state index contributed by atoms with van der Waals surface area (Å²) in [6.07, 6.45) is 1.57. The molecule has 0 aromatic heterocycles. The highest BCUT2D eigenvalue weighted by molar-refractivity contribution is 6.31. The van der Waals surface area contributed by atoms with Crippen LogP contribution in [0, 0.1) is 18.4 Å². The Morgan fingerprint density at radius 3 is 2.92 bits per heavy atom. The highest BCUT2D eigenvalue weighted by Gasteiger charge is 2.09. The Labute approximate surface area is 80.9 Å². The van der Waals surface area contributed by atoms with Gasteiger partial charge in [-0.05, 0) is 24.6 Å². The van der Waals surface area contributed by atoms with Crippen molar-refractivity contribution < 1.29 is 4.79 Å². The number of nitrogens with zero attached hydrogens (tertiary/aromatic N) is 1. The molecule has 3 nitrogen and oxygen atoms in total. The van der Waals surface area contributed by atoms with E-state index in [4.69, 9.17) is 16.9 Å². The molecule has 0 saturated carbocycles. The van der Waals surface area contributed by atoms with Crippen molar-refractivity contribution in [3.63, 3.8) is 0 Å². The molecule has 0 aliphatic carbocycles. The van der Waals surface area contributed by atoms with Gasteiger partial charge in [0.1, 0.15) is 0 Å². The van der Waals surface area contributed by atoms with E-state index >= 15 is 0 Å². The molecule has 4 heteroatoms. The first kappa shape index (κ1) is 9.56. The van der Waals surface area contributed by atoms with Gasteiger partial charge in [-0.3, -0.25) is 10.1 Å². The number of carbonyl (C=O) groups excluding carboxylic acids is 1. The minimum Gasteiger partial charge on any atom is -0.268 e. The van der Waals surface area contributed by atoms with Crippen molar-refractivity contribution in [1.82, 2.24) is 5.32 Å². The number of nitrogens with one attached hydrogen (secondary N) is 1. The molecule has 0 unspecified atom stereocenters. The van der Waals surface area contributed by atoms with Gasteiger partial charge in [0.25, 0.3) is 5.91 Å². The Hall–Kier alpha value is -1.53. The quantitative estimate of drug-likeness (QED) is 0.548. The zero-order valence-electron chi connectivity index (χ0n) is 6.97. The van der Waals surface area contributed by atoms with Crippen molar-refractivity contribution in [2.24, 2.45) is 0 Å². The lowest BCUT2D eigenvalue weighted by atomic mass is 10.1. The van der Waals surface area contributed by atoms with Crippen LogP contribution in [-0.4, -0.2) is 5.91 Å². The molecule has 0 aliphatic rings. The summed E-state index contributed by atoms with van der Waals surface area (Å²) in [4.78, 5) is 11.2. The van der Waals surface area contributed by atoms with Gasteiger partial charge >= 0.3 is 0 Å². The zero-order chi connectivity index (χ0) is 9.84. The van der Waals surface area contributed by atoms with Gasteiger partial charge in [0.2, 0.25) is 0 Å². The van der Waals surface area contributed by atoms with E-state index in [1.807, 2.05) is 5.32 Å². The summed E-state index contributed by atoms with van der Waals surface area (Å²) in [5.74, 6) is -0.428. The maximum Gasteiger partial charge on any atom is 0.264 e. The van der Waals surface area contributed by atoms with Gasteiger partial charge in [0.05, 0.1) is 0 Å². The first-order chi connectivity index (χ1) is 6.16. The molecular formula is C9H7ClN2O. The molecule has 0 spiro atoms. The minimum atomic E-state index is -0.428. The number of amides is 1. The lowest BCUT2D eigenvalue weighted by Crippen LogP contribution is -2.18. The van der Waals surface area contributed by atoms with Crippen molar-refractivity contribution in [1.29, 1.82) is 5.26 Å². The number of nitriles is 1. The van der Waals surface area contributed by atoms with E-state index < -0.39 is 5.91 Å². The van der Waals surface area contributed by atoms with Crippen LogP contribution >= 0.6 is 11.6 Å². The maximum absolute atomic E-state index is 11.2. The van der Waals surface area contributed by atoms with Crippen LogP contribution in [0.1, 0.15) is 15.9 Å². The van der Waals surface area contributed by atoms with Gasteiger partial charge in [-0.1, -0.05) is 17.7 Å². The van der Waals surface area contributed by atoms with Crippen LogP contribution in [-0.2, 0) is 0 Å². The lowest BCUT2D eigenvalue weighted by Gasteiger charge is -2.03. The normalized spacial score (nSPS) is 9.00. The topological polar surface area (TPSA) is 52.9 Å². The molecule has 0 saturated heterocycles. The second-order valence-corrected chi connectivity index (χ2v) is 2.89. The molecule has 13 heavy (non-hydrogen) atoms. The number of halogens is 1. The fourth-order valence-corrected chi connectivity index (χ4v) is 1.15. The number of hydrogen-bond acceptors (Lipinski definition) is 2. The second kappa shape index (κ2) is 3.92. The molecule has 0 atom stereocenters. The molecule has 0 heterocycles. The van der Waals surface area contributed by atoms with Crippen LogP contribution in [0.25, 0.3) is 0 Å². The highest BCUT2D eigenvalue weighted by atomic mass is 35.5. The molecule has 1 aromatic carbocycles. The Morgan fingerprint density at radius 2 is 2.31 bits per heavy atom. The first-order valence-corrected chi connectivity index (χ1v) is 3.99. The molecule has 1 N–H and O–H groups in total. The van der Waals surface area contributed by atoms with Crippen molar-refractivity contribution in [2.75, 3.05) is 0 Å². The van der Waals surface area contributed by atoms with Crippen LogP contribution in [0.3, 0.4) is 0 Å². The van der Waals surface area contributed by atoms with E-state index in [1.165, 1.54) is 0 Å². The van der Waals surface area contributed by atoms with Crippen molar-refractivity contribution in [3.8, 4) is 6.19 Å². The summed E-state index contributed by atoms with van der Waals surface area (Å²) >= 11 is 5.80. The lowest BCUT2D eigenvalue weighted by molar-refractivity contribution is 0.0972. The molecular weight excluding hydrogens is 188 g/mol. The molecule has 1 aromatic rings. The average Bonchev–Trinajstić information content (AvgIpc) is 2.10. The van der Waals surface area contributed by atoms with Gasteiger partial charge in [-0.25, -0.2) is 0 Å². The van der Waals surface area contributed by atoms with Crippen molar-refractivity contribution in [3.05, 3.63) is 34.3 Å². The summed E-state index contributed by atoms with van der Waals surface area (Å²) in [6, 6.07) is 4.98. The second-order valence-electron chi connectivity index (χ2n) is 2.48. The van der Waals surface area contributed by atoms with Gasteiger partial charge in [0.15, 0.2) is 6.19 Å². The SMILES string of the molecule is Cc1c(Cl)cccc1C(=O)NC#N. The van der Waals surface area contributed by atoms with Gasteiger partial charge < -0.3 is 0 Å². The van der Waals surface area contributed by atoms with E-state index in [-0.39, 0.29) is 0 Å². The number of hydrogen-bond donors (Lipinski definition) is 1. The standard InChI is InChI=1S/C9H7ClN2O/c1-6-7(9(13)12-5-11)3-2-4-8(6)10/h2-4H,1H3,(H,12,13). The van der Waals surface area contributed by atoms with Gasteiger partial charge in [-0.15, -0.1) is 0 Å². The smallest absolute Gasteiger partial charge is 0.264 e. The van der Waals surface area contributed by atoms with E-state index in [1.54, 1.807) is 31.3 Å². The molecule has 1 rings (SSSR count). The molecule has 1 amide bonds. The third-order valence-electron chi connectivity index (χ3n) is 1.68. The predicted octanol–water partition coefficient (Wildman–Crippen LogP) is 1.86. The Morgan fingerprint density at radius 1 is 1.62 bits per heavy atom. The van der Waals surface area contributed by atoms with Crippen LogP contribution in [0.5, 0.6) is 0 Å². The molecule has 0 fully saturated rings. The summed E-state index contributed by atoms with van der Waals surface area (Å²) in [5.41, 5.74) is 1.10. The first-order valence-electron chi connectivity index (χ1n) is 3.61. The maximum atomic E-state index is 11.2. The number of carbonyl (C=O) groups is 1. The van der Waals surface area contributed by atoms with E-state index in [9.17, 15) is 4.79 Å². The van der Waals surface area contributed by atoms with E-state index in [0.717, 1.165) is 0 Å². The minimum absolute atomic E-state index is 0.425. The fourth-order valence-electron chi connectivity index (χ4n) is 0.972. The van der Waals surface area contributed by atoms with Crippen molar-refractivity contribution in [2.45, 2.75) is 6.92 Å². The van der Waals surface area contributed by atoms with E-state index in [0.29, 0.717) is 16.1 Å². The largest absolute Gasteiger partial charge is 0.268 e. The van der Waals surface area contributed by atoms with E-state index in [2.05, 4.69) is 0 Å². The Balaban J connectivity index is 3.09. The van der Waals surface area contributed by atoms with Gasteiger partial charge in [0, 0.05) is 10.6 Å². The Kier molecular flexibility index (Phi) is 2.88. The number of rotatable bonds is 1. The highest BCUT2D eigenvalue weighted by Crippen LogP contribution is 2.18. The summed E-state index contributed by atoms with van der Waals surface area (Å²) in [5, 5.41) is 10.8. The van der Waals surface area contributed by atoms with Crippen LogP contribution in [0.15, 0.2) is 18.2 Å². The summed E-state index contributed by atoms with van der Waals surface area (Å²) < 4.78 is 0. The van der Waals surface area contributed by atoms with Gasteiger partial charge in [-0.2, -0.15) is 5.26 Å². The monoisotopic (exact) mass is 194 g/mol. The van der Waals surface area contributed by atoms with Crippen LogP contribution in [0.2, 0.25) is 5.02 Å². The molecule has 0 aliphatic heterocycles. The third-order valence-corrected chi connectivity index (χ3v) is 2.09. The Bertz CT molecular complexity index is 382. The average molecular weight is 195 g/mol. The van der Waals surface area contributed by atoms with Crippen LogP contribution < -0.4 is 5.32 Å². The number of benzene rings is 1. The fraction of sp³-hybridized carbons (Fsp3) is 0.111. The van der Waals surface area contributed by atoms with Crippen LogP contribution in [0.4, 0.5) is 0 Å². The molecule has 0 radical (unpaired) electrons. The third kappa shape index (κ3) is 1.98.